The van der Waals surface area contributed by atoms with Gasteiger partial charge in [-0.3, -0.25) is 4.79 Å². The topological polar surface area (TPSA) is 118 Å². The van der Waals surface area contributed by atoms with Crippen molar-refractivity contribution in [1.29, 1.82) is 0 Å². The van der Waals surface area contributed by atoms with Crippen molar-refractivity contribution in [2.24, 2.45) is 5.14 Å². The fourth-order valence-electron chi connectivity index (χ4n) is 3.56. The largest absolute Gasteiger partial charge is 0.329 e. The van der Waals surface area contributed by atoms with Crippen LogP contribution in [0.2, 0.25) is 0 Å². The third kappa shape index (κ3) is 6.50. The summed E-state index contributed by atoms with van der Waals surface area (Å²) in [7, 11) is -1.93. The molecule has 0 aliphatic rings. The van der Waals surface area contributed by atoms with Crippen LogP contribution in [0.3, 0.4) is 0 Å². The Balaban J connectivity index is 1.43. The lowest BCUT2D eigenvalue weighted by Gasteiger charge is -2.19. The van der Waals surface area contributed by atoms with Crippen molar-refractivity contribution < 1.29 is 13.2 Å². The maximum Gasteiger partial charge on any atom is 0.238 e. The van der Waals surface area contributed by atoms with Crippen LogP contribution in [0.25, 0.3) is 0 Å². The number of carbonyl (C=O) groups is 1. The maximum absolute atomic E-state index is 12.4. The molecule has 0 amide bonds. The second-order valence-corrected chi connectivity index (χ2v) is 9.60. The number of nitrogens with two attached hydrogens (primary N) is 1. The molecule has 3 N–H and O–H groups in total. The summed E-state index contributed by atoms with van der Waals surface area (Å²) >= 11 is 0. The van der Waals surface area contributed by atoms with E-state index in [2.05, 4.69) is 15.3 Å². The summed E-state index contributed by atoms with van der Waals surface area (Å²) in [5.41, 5.74) is 3.35. The zero-order chi connectivity index (χ0) is 24.8. The Morgan fingerprint density at radius 2 is 1.60 bits per heavy atom. The van der Waals surface area contributed by atoms with Crippen LogP contribution >= 0.6 is 0 Å². The van der Waals surface area contributed by atoms with E-state index in [9.17, 15) is 13.2 Å². The van der Waals surface area contributed by atoms with E-state index in [1.807, 2.05) is 66.5 Å². The Morgan fingerprint density at radius 3 is 2.29 bits per heavy atom. The number of hydrogen-bond acceptors (Lipinski definition) is 7. The average Bonchev–Trinajstić information content (AvgIpc) is 2.84. The van der Waals surface area contributed by atoms with Gasteiger partial charge < -0.3 is 10.2 Å². The first-order valence-electron chi connectivity index (χ1n) is 10.9. The predicted octanol–water partition coefficient (Wildman–Crippen LogP) is 3.99. The van der Waals surface area contributed by atoms with E-state index in [0.717, 1.165) is 16.8 Å². The molecule has 0 saturated heterocycles. The molecule has 0 bridgehead atoms. The van der Waals surface area contributed by atoms with Crippen LogP contribution in [0.5, 0.6) is 0 Å². The van der Waals surface area contributed by atoms with Gasteiger partial charge in [0.1, 0.15) is 11.6 Å². The number of sulfonamides is 1. The van der Waals surface area contributed by atoms with Gasteiger partial charge in [0.05, 0.1) is 4.90 Å². The number of anilines is 4. The van der Waals surface area contributed by atoms with Gasteiger partial charge in [0, 0.05) is 37.5 Å². The van der Waals surface area contributed by atoms with Crippen molar-refractivity contribution in [1.82, 2.24) is 9.97 Å². The third-order valence-electron chi connectivity index (χ3n) is 5.37. The van der Waals surface area contributed by atoms with Gasteiger partial charge in [0.25, 0.3) is 0 Å². The Kier molecular flexibility index (Phi) is 7.19. The van der Waals surface area contributed by atoms with Gasteiger partial charge >= 0.3 is 0 Å². The first-order chi connectivity index (χ1) is 16.8. The summed E-state index contributed by atoms with van der Waals surface area (Å²) in [6.45, 7) is 0. The highest BCUT2D eigenvalue weighted by atomic mass is 32.2. The van der Waals surface area contributed by atoms with Gasteiger partial charge in [0.15, 0.2) is 0 Å². The minimum Gasteiger partial charge on any atom is -0.329 e. The fraction of sp³-hybridized carbons (Fsp3) is 0.115. The molecule has 0 spiro atoms. The summed E-state index contributed by atoms with van der Waals surface area (Å²) in [5, 5.41) is 8.21. The minimum atomic E-state index is -3.81. The van der Waals surface area contributed by atoms with Gasteiger partial charge in [0.2, 0.25) is 16.0 Å². The van der Waals surface area contributed by atoms with Gasteiger partial charge in [-0.1, -0.05) is 48.5 Å². The highest BCUT2D eigenvalue weighted by Gasteiger charge is 2.11. The molecule has 3 aromatic carbocycles. The standard InChI is InChI=1S/C26H25N5O3S/c1-31(22-12-10-20(11-13-22)17-23(32)16-19-6-3-2-4-7-19)25-14-15-28-26(30-25)29-21-8-5-9-24(18-21)35(27,33)34/h2-15,18H,16-17H2,1H3,(H2,27,33,34)(H,28,29,30). The molecule has 0 atom stereocenters. The number of nitrogens with one attached hydrogen (secondary N) is 1. The van der Waals surface area contributed by atoms with E-state index < -0.39 is 10.0 Å². The first kappa shape index (κ1) is 24.1. The molecule has 1 aromatic heterocycles. The molecule has 0 radical (unpaired) electrons. The molecule has 4 aromatic rings. The van der Waals surface area contributed by atoms with Crippen molar-refractivity contribution >= 4 is 38.9 Å². The van der Waals surface area contributed by atoms with Crippen molar-refractivity contribution in [3.63, 3.8) is 0 Å². The fourth-order valence-corrected chi connectivity index (χ4v) is 4.12. The minimum absolute atomic E-state index is 0.00175. The number of primary sulfonamides is 1. The molecule has 1 heterocycles. The summed E-state index contributed by atoms with van der Waals surface area (Å²) in [4.78, 5) is 23.0. The van der Waals surface area contributed by atoms with Crippen LogP contribution in [-0.4, -0.2) is 31.2 Å². The molecule has 178 valence electrons. The quantitative estimate of drug-likeness (QED) is 0.366. The van der Waals surface area contributed by atoms with Crippen LogP contribution < -0.4 is 15.4 Å². The zero-order valence-electron chi connectivity index (χ0n) is 19.1. The van der Waals surface area contributed by atoms with E-state index in [4.69, 9.17) is 5.14 Å². The van der Waals surface area contributed by atoms with Crippen molar-refractivity contribution in [2.75, 3.05) is 17.3 Å². The van der Waals surface area contributed by atoms with Crippen LogP contribution in [0.15, 0.2) is 96.0 Å². The van der Waals surface area contributed by atoms with E-state index in [0.29, 0.717) is 30.3 Å². The number of hydrogen-bond donors (Lipinski definition) is 2. The van der Waals surface area contributed by atoms with Gasteiger partial charge in [-0.05, 0) is 47.5 Å². The van der Waals surface area contributed by atoms with Crippen LogP contribution in [0.4, 0.5) is 23.1 Å². The van der Waals surface area contributed by atoms with E-state index in [1.54, 1.807) is 24.4 Å². The molecular formula is C26H25N5O3S. The number of aromatic nitrogens is 2. The number of carbonyl (C=O) groups excluding carboxylic acids is 1. The summed E-state index contributed by atoms with van der Waals surface area (Å²) in [5.74, 6) is 1.11. The van der Waals surface area contributed by atoms with E-state index in [-0.39, 0.29) is 10.7 Å². The van der Waals surface area contributed by atoms with Crippen molar-refractivity contribution in [2.45, 2.75) is 17.7 Å². The Hall–Kier alpha value is -4.08. The number of nitrogens with zero attached hydrogens (tertiary/aromatic N) is 3. The van der Waals surface area contributed by atoms with Crippen LogP contribution in [0.1, 0.15) is 11.1 Å². The Labute approximate surface area is 204 Å². The lowest BCUT2D eigenvalue weighted by Crippen LogP contribution is -2.13. The summed E-state index contributed by atoms with van der Waals surface area (Å²) in [6, 6.07) is 25.4. The number of benzene rings is 3. The molecule has 9 heteroatoms. The smallest absolute Gasteiger partial charge is 0.238 e. The normalized spacial score (nSPS) is 11.1. The van der Waals surface area contributed by atoms with E-state index in [1.165, 1.54) is 12.1 Å². The third-order valence-corrected chi connectivity index (χ3v) is 6.28. The number of Topliss-reactive ketones (excluding diaryl/α,β-unsaturated/α-hetero) is 1. The molecular weight excluding hydrogens is 462 g/mol. The molecule has 0 aliphatic carbocycles. The molecule has 8 nitrogen and oxygen atoms in total. The Morgan fingerprint density at radius 1 is 0.914 bits per heavy atom. The Bertz CT molecular complexity index is 1430. The number of ketones is 1. The van der Waals surface area contributed by atoms with Crippen LogP contribution in [0, 0.1) is 0 Å². The molecule has 0 fully saturated rings. The number of rotatable bonds is 9. The van der Waals surface area contributed by atoms with Gasteiger partial charge in [-0.2, -0.15) is 4.98 Å². The average molecular weight is 488 g/mol. The molecule has 35 heavy (non-hydrogen) atoms. The highest BCUT2D eigenvalue weighted by Crippen LogP contribution is 2.24. The monoisotopic (exact) mass is 487 g/mol. The SMILES string of the molecule is CN(c1ccc(CC(=O)Cc2ccccc2)cc1)c1ccnc(Nc2cccc(S(N)(=O)=O)c2)n1. The predicted molar refractivity (Wildman–Crippen MR) is 136 cm³/mol. The lowest BCUT2D eigenvalue weighted by molar-refractivity contribution is -0.117. The van der Waals surface area contributed by atoms with Gasteiger partial charge in [-0.25, -0.2) is 18.5 Å². The van der Waals surface area contributed by atoms with E-state index >= 15 is 0 Å². The molecule has 0 aliphatic heterocycles. The van der Waals surface area contributed by atoms with Crippen LogP contribution in [-0.2, 0) is 27.7 Å². The highest BCUT2D eigenvalue weighted by molar-refractivity contribution is 7.89. The maximum atomic E-state index is 12.4. The van der Waals surface area contributed by atoms with Crippen molar-refractivity contribution in [3.8, 4) is 0 Å². The second kappa shape index (κ2) is 10.5. The molecule has 0 saturated carbocycles. The summed E-state index contributed by atoms with van der Waals surface area (Å²) in [6.07, 6.45) is 2.40. The first-order valence-corrected chi connectivity index (χ1v) is 12.4. The lowest BCUT2D eigenvalue weighted by atomic mass is 10.0. The molecule has 0 unspecified atom stereocenters. The zero-order valence-corrected chi connectivity index (χ0v) is 19.9. The molecule has 4 rings (SSSR count). The second-order valence-electron chi connectivity index (χ2n) is 8.04. The summed E-state index contributed by atoms with van der Waals surface area (Å²) < 4.78 is 23.2. The van der Waals surface area contributed by atoms with Crippen molar-refractivity contribution in [3.05, 3.63) is 102 Å². The van der Waals surface area contributed by atoms with Gasteiger partial charge in [-0.15, -0.1) is 0 Å².